The highest BCUT2D eigenvalue weighted by Crippen LogP contribution is 2.07. The Balaban J connectivity index is 0. The van der Waals surface area contributed by atoms with Crippen LogP contribution >= 0.6 is 11.6 Å². The molecule has 80 valence electrons. The zero-order valence-corrected chi connectivity index (χ0v) is 9.73. The van der Waals surface area contributed by atoms with Crippen molar-refractivity contribution in [3.63, 3.8) is 0 Å². The van der Waals surface area contributed by atoms with Crippen LogP contribution in [-0.2, 0) is 9.53 Å². The summed E-state index contributed by atoms with van der Waals surface area (Å²) in [5, 5.41) is 0.566. The van der Waals surface area contributed by atoms with Crippen LogP contribution in [0.15, 0.2) is 35.9 Å². The Morgan fingerprint density at radius 3 is 2.29 bits per heavy atom. The van der Waals surface area contributed by atoms with E-state index in [0.717, 1.165) is 0 Å². The van der Waals surface area contributed by atoms with Gasteiger partial charge in [0.1, 0.15) is 0 Å². The molecule has 0 atom stereocenters. The van der Waals surface area contributed by atoms with E-state index in [1.165, 1.54) is 0 Å². The number of halogens is 1. The molecule has 0 N–H and O–H groups in total. The van der Waals surface area contributed by atoms with Gasteiger partial charge >= 0.3 is 5.97 Å². The standard InChI is InChI=1S/C9H13ClO2.C2H4/c1-4-8(6-7(3)10)9(11)12-5-2;1-2/h4,6H,5H2,1-3H3;1-2H2/b7-6+,8-4+;. The van der Waals surface area contributed by atoms with Gasteiger partial charge < -0.3 is 4.74 Å². The summed E-state index contributed by atoms with van der Waals surface area (Å²) < 4.78 is 4.79. The first-order chi connectivity index (χ1) is 6.61. The minimum Gasteiger partial charge on any atom is -0.462 e. The van der Waals surface area contributed by atoms with Crippen molar-refractivity contribution >= 4 is 17.6 Å². The van der Waals surface area contributed by atoms with Gasteiger partial charge in [-0.25, -0.2) is 4.79 Å². The Morgan fingerprint density at radius 2 is 2.00 bits per heavy atom. The molecule has 0 rings (SSSR count). The van der Waals surface area contributed by atoms with Gasteiger partial charge in [0.15, 0.2) is 0 Å². The summed E-state index contributed by atoms with van der Waals surface area (Å²) in [5.41, 5.74) is 0.490. The molecule has 0 heterocycles. The van der Waals surface area contributed by atoms with Crippen molar-refractivity contribution in [1.29, 1.82) is 0 Å². The summed E-state index contributed by atoms with van der Waals surface area (Å²) in [7, 11) is 0. The lowest BCUT2D eigenvalue weighted by Crippen LogP contribution is -2.05. The van der Waals surface area contributed by atoms with Crippen LogP contribution in [0.2, 0.25) is 0 Å². The molecule has 0 fully saturated rings. The molecule has 0 unspecified atom stereocenters. The molecular formula is C11H17ClO2. The second kappa shape index (κ2) is 10.1. The van der Waals surface area contributed by atoms with E-state index >= 15 is 0 Å². The molecule has 0 aromatic heterocycles. The number of rotatable bonds is 3. The average Bonchev–Trinajstić information content (AvgIpc) is 2.17. The molecule has 0 aliphatic heterocycles. The summed E-state index contributed by atoms with van der Waals surface area (Å²) >= 11 is 5.61. The number of allylic oxidation sites excluding steroid dienone is 2. The quantitative estimate of drug-likeness (QED) is 0.313. The van der Waals surface area contributed by atoms with E-state index in [0.29, 0.717) is 17.2 Å². The Hall–Kier alpha value is -1.02. The van der Waals surface area contributed by atoms with Gasteiger partial charge in [0.2, 0.25) is 0 Å². The maximum absolute atomic E-state index is 11.1. The molecule has 3 heteroatoms. The van der Waals surface area contributed by atoms with Crippen LogP contribution < -0.4 is 0 Å². The zero-order chi connectivity index (χ0) is 11.6. The van der Waals surface area contributed by atoms with Crippen LogP contribution in [0.25, 0.3) is 0 Å². The molecule has 2 nitrogen and oxygen atoms in total. The van der Waals surface area contributed by atoms with Gasteiger partial charge in [-0.05, 0) is 26.8 Å². The van der Waals surface area contributed by atoms with Gasteiger partial charge in [-0.2, -0.15) is 0 Å². The van der Waals surface area contributed by atoms with E-state index in [1.54, 1.807) is 32.9 Å². The van der Waals surface area contributed by atoms with Gasteiger partial charge in [-0.3, -0.25) is 0 Å². The summed E-state index contributed by atoms with van der Waals surface area (Å²) in [5.74, 6) is -0.333. The molecule has 0 aliphatic carbocycles. The Kier molecular flexibility index (Phi) is 11.1. The van der Waals surface area contributed by atoms with Crippen molar-refractivity contribution in [2.75, 3.05) is 6.61 Å². The monoisotopic (exact) mass is 216 g/mol. The van der Waals surface area contributed by atoms with E-state index in [4.69, 9.17) is 16.3 Å². The van der Waals surface area contributed by atoms with Gasteiger partial charge in [0, 0.05) is 5.03 Å². The van der Waals surface area contributed by atoms with E-state index < -0.39 is 0 Å². The first kappa shape index (κ1) is 15.5. The smallest absolute Gasteiger partial charge is 0.337 e. The van der Waals surface area contributed by atoms with E-state index in [-0.39, 0.29) is 5.97 Å². The molecule has 0 radical (unpaired) electrons. The summed E-state index contributed by atoms with van der Waals surface area (Å²) in [6.45, 7) is 11.6. The Labute approximate surface area is 90.9 Å². The van der Waals surface area contributed by atoms with Crippen LogP contribution in [0.3, 0.4) is 0 Å². The molecule has 0 aromatic rings. The van der Waals surface area contributed by atoms with Gasteiger partial charge in [0.05, 0.1) is 12.2 Å². The van der Waals surface area contributed by atoms with Crippen molar-refractivity contribution in [2.45, 2.75) is 20.8 Å². The minimum absolute atomic E-state index is 0.333. The lowest BCUT2D eigenvalue weighted by molar-refractivity contribution is -0.138. The predicted molar refractivity (Wildman–Crippen MR) is 61.3 cm³/mol. The molecule has 0 amide bonds. The van der Waals surface area contributed by atoms with Crippen LogP contribution in [-0.4, -0.2) is 12.6 Å². The van der Waals surface area contributed by atoms with Crippen molar-refractivity contribution in [3.8, 4) is 0 Å². The molecule has 0 aliphatic rings. The maximum Gasteiger partial charge on any atom is 0.337 e. The van der Waals surface area contributed by atoms with Crippen molar-refractivity contribution < 1.29 is 9.53 Å². The molecule has 0 bridgehead atoms. The lowest BCUT2D eigenvalue weighted by atomic mass is 10.2. The maximum atomic E-state index is 11.1. The minimum atomic E-state index is -0.333. The zero-order valence-electron chi connectivity index (χ0n) is 8.97. The third-order valence-electron chi connectivity index (χ3n) is 1.18. The number of carbonyl (C=O) groups is 1. The van der Waals surface area contributed by atoms with Gasteiger partial charge in [0.25, 0.3) is 0 Å². The van der Waals surface area contributed by atoms with Gasteiger partial charge in [-0.1, -0.05) is 17.7 Å². The number of hydrogen-bond acceptors (Lipinski definition) is 2. The lowest BCUT2D eigenvalue weighted by Gasteiger charge is -2.01. The molecular weight excluding hydrogens is 200 g/mol. The van der Waals surface area contributed by atoms with Gasteiger partial charge in [-0.15, -0.1) is 13.2 Å². The highest BCUT2D eigenvalue weighted by atomic mass is 35.5. The fraction of sp³-hybridized carbons (Fsp3) is 0.364. The third kappa shape index (κ3) is 7.62. The highest BCUT2D eigenvalue weighted by Gasteiger charge is 2.05. The molecule has 0 spiro atoms. The molecule has 0 saturated heterocycles. The summed E-state index contributed by atoms with van der Waals surface area (Å²) in [4.78, 5) is 11.1. The Bertz CT molecular complexity index is 225. The van der Waals surface area contributed by atoms with E-state index in [1.807, 2.05) is 0 Å². The average molecular weight is 217 g/mol. The molecule has 14 heavy (non-hydrogen) atoms. The number of esters is 1. The largest absolute Gasteiger partial charge is 0.462 e. The van der Waals surface area contributed by atoms with Crippen molar-refractivity contribution in [2.24, 2.45) is 0 Å². The first-order valence-corrected chi connectivity index (χ1v) is 4.66. The predicted octanol–water partition coefficient (Wildman–Crippen LogP) is 3.44. The molecule has 0 saturated carbocycles. The molecule has 0 aromatic carbocycles. The normalized spacial score (nSPS) is 11.4. The highest BCUT2D eigenvalue weighted by molar-refractivity contribution is 6.29. The second-order valence-electron chi connectivity index (χ2n) is 2.20. The SMILES string of the molecule is C/C=C(\C=C(/C)Cl)C(=O)OCC.C=C. The third-order valence-corrected chi connectivity index (χ3v) is 1.29. The number of carbonyl (C=O) groups excluding carboxylic acids is 1. The van der Waals surface area contributed by atoms with Crippen LogP contribution in [0.1, 0.15) is 20.8 Å². The van der Waals surface area contributed by atoms with E-state index in [9.17, 15) is 4.79 Å². The summed E-state index contributed by atoms with van der Waals surface area (Å²) in [6.07, 6.45) is 3.25. The Morgan fingerprint density at radius 1 is 1.50 bits per heavy atom. The van der Waals surface area contributed by atoms with E-state index in [2.05, 4.69) is 13.2 Å². The first-order valence-electron chi connectivity index (χ1n) is 4.29. The van der Waals surface area contributed by atoms with Crippen molar-refractivity contribution in [1.82, 2.24) is 0 Å². The number of ether oxygens (including phenoxy) is 1. The second-order valence-corrected chi connectivity index (χ2v) is 2.79. The fourth-order valence-corrected chi connectivity index (χ4v) is 0.806. The van der Waals surface area contributed by atoms with Crippen LogP contribution in [0.4, 0.5) is 0 Å². The summed E-state index contributed by atoms with van der Waals surface area (Å²) in [6, 6.07) is 0. The topological polar surface area (TPSA) is 26.3 Å². The fourth-order valence-electron chi connectivity index (χ4n) is 0.689. The van der Waals surface area contributed by atoms with Crippen LogP contribution in [0, 0.1) is 0 Å². The number of hydrogen-bond donors (Lipinski definition) is 0. The van der Waals surface area contributed by atoms with Crippen molar-refractivity contribution in [3.05, 3.63) is 35.9 Å². The van der Waals surface area contributed by atoms with Crippen LogP contribution in [0.5, 0.6) is 0 Å².